The number of allylic oxidation sites excluding steroid dienone is 6. The molecular weight excluding hydrogens is 224 g/mol. The summed E-state index contributed by atoms with van der Waals surface area (Å²) in [5.74, 6) is -0.0667. The van der Waals surface area contributed by atoms with Crippen molar-refractivity contribution in [3.8, 4) is 0 Å². The molecule has 0 bridgehead atoms. The first kappa shape index (κ1) is 9.59. The van der Waals surface area contributed by atoms with Crippen LogP contribution in [-0.4, -0.2) is 10.9 Å². The normalized spacial score (nSPS) is 18.8. The molecule has 3 nitrogen and oxygen atoms in total. The Balaban J connectivity index is 1.64. The standard InChI is InChI=1S/C15H10N2O/c18-15(17-10-2-1-5-16-8-10)12-4-3-11-13-6-9(13)7-14(11)12/h1-5,7-8H,6H2,(H,17,18). The number of nitrogens with zero attached hydrogens (tertiary/aromatic N) is 1. The van der Waals surface area contributed by atoms with E-state index in [9.17, 15) is 4.79 Å². The number of anilines is 1. The van der Waals surface area contributed by atoms with Crippen LogP contribution >= 0.6 is 0 Å². The van der Waals surface area contributed by atoms with Gasteiger partial charge in [-0.2, -0.15) is 0 Å². The van der Waals surface area contributed by atoms with Crippen LogP contribution in [0.2, 0.25) is 0 Å². The summed E-state index contributed by atoms with van der Waals surface area (Å²) < 4.78 is 0. The highest BCUT2D eigenvalue weighted by atomic mass is 16.1. The van der Waals surface area contributed by atoms with Gasteiger partial charge in [0.2, 0.25) is 0 Å². The van der Waals surface area contributed by atoms with E-state index < -0.39 is 0 Å². The lowest BCUT2D eigenvalue weighted by molar-refractivity contribution is -0.112. The minimum atomic E-state index is -0.0667. The molecule has 3 heteroatoms. The summed E-state index contributed by atoms with van der Waals surface area (Å²) in [5.41, 5.74) is 6.58. The maximum absolute atomic E-state index is 12.2. The van der Waals surface area contributed by atoms with E-state index in [1.54, 1.807) is 18.5 Å². The van der Waals surface area contributed by atoms with Crippen molar-refractivity contribution in [2.75, 3.05) is 5.32 Å². The van der Waals surface area contributed by atoms with E-state index in [0.717, 1.165) is 23.3 Å². The van der Waals surface area contributed by atoms with Crippen LogP contribution in [-0.2, 0) is 4.79 Å². The minimum Gasteiger partial charge on any atom is -0.321 e. The summed E-state index contributed by atoms with van der Waals surface area (Å²) in [4.78, 5) is 16.2. The highest BCUT2D eigenvalue weighted by Crippen LogP contribution is 2.51. The predicted octanol–water partition coefficient (Wildman–Crippen LogP) is 2.53. The molecule has 1 saturated carbocycles. The van der Waals surface area contributed by atoms with Crippen LogP contribution in [0.4, 0.5) is 5.69 Å². The van der Waals surface area contributed by atoms with Crippen molar-refractivity contribution in [2.24, 2.45) is 0 Å². The molecule has 0 aromatic carbocycles. The first-order valence-corrected chi connectivity index (χ1v) is 5.91. The van der Waals surface area contributed by atoms with Crippen LogP contribution in [0.5, 0.6) is 0 Å². The van der Waals surface area contributed by atoms with Crippen molar-refractivity contribution < 1.29 is 4.79 Å². The fourth-order valence-electron chi connectivity index (χ4n) is 2.47. The quantitative estimate of drug-likeness (QED) is 0.854. The summed E-state index contributed by atoms with van der Waals surface area (Å²) in [7, 11) is 0. The molecule has 0 unspecified atom stereocenters. The van der Waals surface area contributed by atoms with E-state index in [1.807, 2.05) is 18.2 Å². The number of carbonyl (C=O) groups excluding carboxylic acids is 1. The third kappa shape index (κ3) is 1.31. The average molecular weight is 234 g/mol. The second-order valence-electron chi connectivity index (χ2n) is 4.60. The van der Waals surface area contributed by atoms with Crippen molar-refractivity contribution in [2.45, 2.75) is 6.42 Å². The molecule has 1 aromatic heterocycles. The van der Waals surface area contributed by atoms with E-state index in [1.165, 1.54) is 16.7 Å². The van der Waals surface area contributed by atoms with Gasteiger partial charge in [-0.3, -0.25) is 9.78 Å². The molecule has 1 fully saturated rings. The van der Waals surface area contributed by atoms with Gasteiger partial charge in [-0.1, -0.05) is 6.08 Å². The van der Waals surface area contributed by atoms with Crippen LogP contribution < -0.4 is 5.32 Å². The Kier molecular flexibility index (Phi) is 1.75. The summed E-state index contributed by atoms with van der Waals surface area (Å²) >= 11 is 0. The highest BCUT2D eigenvalue weighted by Gasteiger charge is 2.35. The molecule has 1 heterocycles. The Hall–Kier alpha value is -2.42. The molecule has 18 heavy (non-hydrogen) atoms. The molecule has 0 radical (unpaired) electrons. The third-order valence-electron chi connectivity index (χ3n) is 3.43. The number of nitrogens with one attached hydrogen (secondary N) is 1. The fraction of sp³-hybridized carbons (Fsp3) is 0.0667. The number of carbonyl (C=O) groups is 1. The lowest BCUT2D eigenvalue weighted by Crippen LogP contribution is -2.13. The molecule has 1 N–H and O–H groups in total. The molecule has 4 rings (SSSR count). The SMILES string of the molecule is O=C(Nc1cccnc1)C1=C2C=C3CC3=C2C=C1. The molecule has 3 aliphatic carbocycles. The number of hydrogen-bond acceptors (Lipinski definition) is 2. The Morgan fingerprint density at radius 2 is 2.22 bits per heavy atom. The first-order chi connectivity index (χ1) is 8.83. The minimum absolute atomic E-state index is 0.0667. The van der Waals surface area contributed by atoms with Gasteiger partial charge >= 0.3 is 0 Å². The van der Waals surface area contributed by atoms with Gasteiger partial charge in [0.05, 0.1) is 11.9 Å². The topological polar surface area (TPSA) is 42.0 Å². The molecule has 1 amide bonds. The van der Waals surface area contributed by atoms with Crippen LogP contribution in [0, 0.1) is 0 Å². The Morgan fingerprint density at radius 1 is 1.28 bits per heavy atom. The second kappa shape index (κ2) is 3.29. The summed E-state index contributed by atoms with van der Waals surface area (Å²) in [6.07, 6.45) is 10.5. The number of pyridine rings is 1. The van der Waals surface area contributed by atoms with Gasteiger partial charge in [-0.15, -0.1) is 0 Å². The molecule has 86 valence electrons. The van der Waals surface area contributed by atoms with E-state index in [4.69, 9.17) is 0 Å². The molecular formula is C15H10N2O. The number of hydrogen-bond donors (Lipinski definition) is 1. The summed E-state index contributed by atoms with van der Waals surface area (Å²) in [6, 6.07) is 3.64. The molecule has 0 aliphatic heterocycles. The lowest BCUT2D eigenvalue weighted by Gasteiger charge is -2.05. The van der Waals surface area contributed by atoms with Crippen LogP contribution in [0.25, 0.3) is 0 Å². The maximum Gasteiger partial charge on any atom is 0.256 e. The fourth-order valence-corrected chi connectivity index (χ4v) is 2.47. The van der Waals surface area contributed by atoms with Crippen molar-refractivity contribution >= 4 is 11.6 Å². The molecule has 0 spiro atoms. The smallest absolute Gasteiger partial charge is 0.256 e. The molecule has 1 aromatic rings. The van der Waals surface area contributed by atoms with Crippen LogP contribution in [0.1, 0.15) is 6.42 Å². The van der Waals surface area contributed by atoms with E-state index >= 15 is 0 Å². The predicted molar refractivity (Wildman–Crippen MR) is 68.8 cm³/mol. The van der Waals surface area contributed by atoms with Gasteiger partial charge in [0.15, 0.2) is 0 Å². The Morgan fingerprint density at radius 3 is 3.06 bits per heavy atom. The van der Waals surface area contributed by atoms with Gasteiger partial charge in [0.25, 0.3) is 5.91 Å². The maximum atomic E-state index is 12.2. The first-order valence-electron chi connectivity index (χ1n) is 5.91. The van der Waals surface area contributed by atoms with Crippen LogP contribution in [0.3, 0.4) is 0 Å². The zero-order chi connectivity index (χ0) is 12.1. The van der Waals surface area contributed by atoms with Crippen molar-refractivity contribution in [3.05, 3.63) is 70.6 Å². The molecule has 3 aliphatic rings. The van der Waals surface area contributed by atoms with Crippen molar-refractivity contribution in [1.82, 2.24) is 4.98 Å². The van der Waals surface area contributed by atoms with Crippen molar-refractivity contribution in [3.63, 3.8) is 0 Å². The summed E-state index contributed by atoms with van der Waals surface area (Å²) in [5, 5.41) is 2.86. The highest BCUT2D eigenvalue weighted by molar-refractivity contribution is 6.09. The Bertz CT molecular complexity index is 690. The number of fused-ring (bicyclic) bond motifs is 2. The third-order valence-corrected chi connectivity index (χ3v) is 3.43. The van der Waals surface area contributed by atoms with Crippen LogP contribution in [0.15, 0.2) is 70.6 Å². The average Bonchev–Trinajstić information content (AvgIpc) is 2.86. The van der Waals surface area contributed by atoms with Gasteiger partial charge in [-0.05, 0) is 53.0 Å². The molecule has 0 atom stereocenters. The number of rotatable bonds is 2. The van der Waals surface area contributed by atoms with E-state index in [-0.39, 0.29) is 5.91 Å². The lowest BCUT2D eigenvalue weighted by atomic mass is 10.1. The summed E-state index contributed by atoms with van der Waals surface area (Å²) in [6.45, 7) is 0. The van der Waals surface area contributed by atoms with Gasteiger partial charge in [0, 0.05) is 11.8 Å². The van der Waals surface area contributed by atoms with Gasteiger partial charge in [-0.25, -0.2) is 0 Å². The zero-order valence-electron chi connectivity index (χ0n) is 9.60. The van der Waals surface area contributed by atoms with E-state index in [2.05, 4.69) is 16.4 Å². The monoisotopic (exact) mass is 234 g/mol. The van der Waals surface area contributed by atoms with E-state index in [0.29, 0.717) is 0 Å². The van der Waals surface area contributed by atoms with Gasteiger partial charge < -0.3 is 5.32 Å². The number of aromatic nitrogens is 1. The molecule has 0 saturated heterocycles. The van der Waals surface area contributed by atoms with Gasteiger partial charge in [0.1, 0.15) is 0 Å². The number of amides is 1. The largest absolute Gasteiger partial charge is 0.321 e. The van der Waals surface area contributed by atoms with Crippen molar-refractivity contribution in [1.29, 1.82) is 0 Å². The Labute approximate surface area is 104 Å². The zero-order valence-corrected chi connectivity index (χ0v) is 9.60. The second-order valence-corrected chi connectivity index (χ2v) is 4.60.